The van der Waals surface area contributed by atoms with Crippen molar-refractivity contribution in [1.29, 1.82) is 0 Å². The maximum atomic E-state index is 12.6. The monoisotopic (exact) mass is 323 g/mol. The minimum Gasteiger partial charge on any atom is -0.505 e. The van der Waals surface area contributed by atoms with Gasteiger partial charge in [0, 0.05) is 24.3 Å². The highest BCUT2D eigenvalue weighted by Gasteiger charge is 2.17. The molecule has 0 radical (unpaired) electrons. The van der Waals surface area contributed by atoms with Gasteiger partial charge >= 0.3 is 0 Å². The second kappa shape index (κ2) is 6.54. The molecule has 24 heavy (non-hydrogen) atoms. The van der Waals surface area contributed by atoms with Gasteiger partial charge in [-0.05, 0) is 18.6 Å². The van der Waals surface area contributed by atoms with Crippen LogP contribution in [0, 0.1) is 0 Å². The van der Waals surface area contributed by atoms with Crippen LogP contribution in [0.1, 0.15) is 23.0 Å². The summed E-state index contributed by atoms with van der Waals surface area (Å²) in [5.41, 5.74) is 0.654. The van der Waals surface area contributed by atoms with Gasteiger partial charge in [0.1, 0.15) is 0 Å². The molecule has 0 aliphatic carbocycles. The van der Waals surface area contributed by atoms with Gasteiger partial charge < -0.3 is 15.0 Å². The topological polar surface area (TPSA) is 84.2 Å². The van der Waals surface area contributed by atoms with Gasteiger partial charge in [0.2, 0.25) is 0 Å². The third-order valence-electron chi connectivity index (χ3n) is 3.75. The Labute approximate surface area is 138 Å². The number of rotatable bonds is 4. The molecule has 0 unspecified atom stereocenters. The molecule has 2 aromatic heterocycles. The van der Waals surface area contributed by atoms with Gasteiger partial charge in [-0.25, -0.2) is 4.98 Å². The minimum atomic E-state index is -0.467. The van der Waals surface area contributed by atoms with E-state index in [0.29, 0.717) is 18.5 Å². The van der Waals surface area contributed by atoms with Gasteiger partial charge in [-0.15, -0.1) is 0 Å². The number of benzene rings is 1. The number of pyridine rings is 2. The van der Waals surface area contributed by atoms with Crippen molar-refractivity contribution in [3.63, 3.8) is 0 Å². The van der Waals surface area contributed by atoms with Crippen LogP contribution in [0.4, 0.5) is 0 Å². The highest BCUT2D eigenvalue weighted by molar-refractivity contribution is 6.01. The molecule has 0 atom stereocenters. The Bertz CT molecular complexity index is 949. The van der Waals surface area contributed by atoms with Crippen molar-refractivity contribution >= 4 is 16.7 Å². The number of carbonyl (C=O) groups excluding carboxylic acids is 1. The van der Waals surface area contributed by atoms with E-state index in [1.807, 2.05) is 30.3 Å². The summed E-state index contributed by atoms with van der Waals surface area (Å²) < 4.78 is 1.55. The van der Waals surface area contributed by atoms with Crippen LogP contribution in [0.25, 0.3) is 10.8 Å². The predicted molar refractivity (Wildman–Crippen MR) is 91.2 cm³/mol. The molecule has 0 saturated carbocycles. The van der Waals surface area contributed by atoms with E-state index in [1.165, 1.54) is 6.20 Å². The van der Waals surface area contributed by atoms with Crippen molar-refractivity contribution < 1.29 is 9.90 Å². The molecule has 0 saturated heterocycles. The van der Waals surface area contributed by atoms with Crippen LogP contribution in [0.5, 0.6) is 5.75 Å². The Balaban J connectivity index is 2.06. The average molecular weight is 323 g/mol. The second-order valence-corrected chi connectivity index (χ2v) is 5.38. The van der Waals surface area contributed by atoms with E-state index in [0.717, 1.165) is 5.56 Å². The van der Waals surface area contributed by atoms with E-state index in [-0.39, 0.29) is 22.4 Å². The first-order chi connectivity index (χ1) is 11.6. The molecule has 6 heteroatoms. The second-order valence-electron chi connectivity index (χ2n) is 5.38. The number of amides is 1. The molecule has 3 rings (SSSR count). The summed E-state index contributed by atoms with van der Waals surface area (Å²) in [5.74, 6) is -0.743. The Morgan fingerprint density at radius 2 is 1.96 bits per heavy atom. The summed E-state index contributed by atoms with van der Waals surface area (Å²) in [5, 5.41) is 13.5. The number of nitrogens with zero attached hydrogens (tertiary/aromatic N) is 2. The van der Waals surface area contributed by atoms with Crippen LogP contribution in [0.15, 0.2) is 53.6 Å². The molecule has 0 fully saturated rings. The van der Waals surface area contributed by atoms with Crippen molar-refractivity contribution in [2.75, 3.05) is 6.54 Å². The van der Waals surface area contributed by atoms with Crippen molar-refractivity contribution in [2.45, 2.75) is 13.5 Å². The van der Waals surface area contributed by atoms with Crippen molar-refractivity contribution in [3.8, 4) is 5.75 Å². The molecule has 3 aromatic rings. The first-order valence-corrected chi connectivity index (χ1v) is 7.65. The Kier molecular flexibility index (Phi) is 4.29. The summed E-state index contributed by atoms with van der Waals surface area (Å²) in [4.78, 5) is 28.4. The molecular weight excluding hydrogens is 306 g/mol. The molecule has 6 nitrogen and oxygen atoms in total. The molecule has 0 spiro atoms. The number of aromatic hydroxyl groups is 1. The van der Waals surface area contributed by atoms with Gasteiger partial charge in [0.05, 0.1) is 11.9 Å². The largest absolute Gasteiger partial charge is 0.505 e. The van der Waals surface area contributed by atoms with Crippen LogP contribution in [-0.4, -0.2) is 27.1 Å². The molecule has 0 bridgehead atoms. The highest BCUT2D eigenvalue weighted by Crippen LogP contribution is 2.24. The summed E-state index contributed by atoms with van der Waals surface area (Å²) in [7, 11) is 0. The third kappa shape index (κ3) is 2.86. The molecule has 0 aliphatic heterocycles. The highest BCUT2D eigenvalue weighted by atomic mass is 16.3. The molecule has 122 valence electrons. The molecule has 0 aliphatic rings. The van der Waals surface area contributed by atoms with E-state index in [4.69, 9.17) is 0 Å². The fourth-order valence-corrected chi connectivity index (χ4v) is 2.56. The number of carbonyl (C=O) groups is 1. The Morgan fingerprint density at radius 1 is 1.21 bits per heavy atom. The Hall–Kier alpha value is -3.15. The van der Waals surface area contributed by atoms with E-state index in [1.54, 1.807) is 23.8 Å². The lowest BCUT2D eigenvalue weighted by Crippen LogP contribution is -2.25. The molecule has 1 amide bonds. The van der Waals surface area contributed by atoms with Crippen molar-refractivity contribution in [3.05, 3.63) is 70.4 Å². The number of hydrogen-bond acceptors (Lipinski definition) is 4. The summed E-state index contributed by atoms with van der Waals surface area (Å²) >= 11 is 0. The minimum absolute atomic E-state index is 0.0791. The van der Waals surface area contributed by atoms with Gasteiger partial charge in [-0.3, -0.25) is 9.59 Å². The Morgan fingerprint density at radius 3 is 2.67 bits per heavy atom. The lowest BCUT2D eigenvalue weighted by Gasteiger charge is -2.10. The van der Waals surface area contributed by atoms with E-state index in [9.17, 15) is 14.7 Å². The normalized spacial score (nSPS) is 10.7. The van der Waals surface area contributed by atoms with Crippen LogP contribution < -0.4 is 10.9 Å². The zero-order valence-corrected chi connectivity index (χ0v) is 13.2. The number of aromatic nitrogens is 2. The lowest BCUT2D eigenvalue weighted by atomic mass is 10.1. The number of nitrogens with one attached hydrogen (secondary N) is 1. The number of fused-ring (bicyclic) bond motifs is 1. The first kappa shape index (κ1) is 15.7. The van der Waals surface area contributed by atoms with Crippen LogP contribution in [0.3, 0.4) is 0 Å². The quantitative estimate of drug-likeness (QED) is 0.768. The summed E-state index contributed by atoms with van der Waals surface area (Å²) in [6.45, 7) is 2.63. The SMILES string of the molecule is CCNC(=O)c1ncc2c(=O)n(Cc3ccccc3)ccc2c1O. The molecule has 2 N–H and O–H groups in total. The average Bonchev–Trinajstić information content (AvgIpc) is 2.59. The summed E-state index contributed by atoms with van der Waals surface area (Å²) in [6, 6.07) is 11.2. The standard InChI is InChI=1S/C18H17N3O3/c1-2-19-17(23)15-16(22)13-8-9-21(18(24)14(13)10-20-15)11-12-6-4-3-5-7-12/h3-10,22H,2,11H2,1H3,(H,19,23). The van der Waals surface area contributed by atoms with Crippen molar-refractivity contribution in [1.82, 2.24) is 14.9 Å². The van der Waals surface area contributed by atoms with Crippen LogP contribution in [0.2, 0.25) is 0 Å². The van der Waals surface area contributed by atoms with Gasteiger partial charge in [0.15, 0.2) is 11.4 Å². The fraction of sp³-hybridized carbons (Fsp3) is 0.167. The first-order valence-electron chi connectivity index (χ1n) is 7.65. The number of hydrogen-bond donors (Lipinski definition) is 2. The molecular formula is C18H17N3O3. The van der Waals surface area contributed by atoms with Crippen LogP contribution >= 0.6 is 0 Å². The smallest absolute Gasteiger partial charge is 0.273 e. The zero-order valence-electron chi connectivity index (χ0n) is 13.2. The van der Waals surface area contributed by atoms with E-state index in [2.05, 4.69) is 10.3 Å². The van der Waals surface area contributed by atoms with Gasteiger partial charge in [-0.2, -0.15) is 0 Å². The van der Waals surface area contributed by atoms with Crippen LogP contribution in [-0.2, 0) is 6.54 Å². The zero-order chi connectivity index (χ0) is 17.1. The van der Waals surface area contributed by atoms with Gasteiger partial charge in [-0.1, -0.05) is 30.3 Å². The maximum absolute atomic E-state index is 12.6. The third-order valence-corrected chi connectivity index (χ3v) is 3.75. The predicted octanol–water partition coefficient (Wildman–Crippen LogP) is 1.90. The summed E-state index contributed by atoms with van der Waals surface area (Å²) in [6.07, 6.45) is 2.95. The van der Waals surface area contributed by atoms with Crippen molar-refractivity contribution in [2.24, 2.45) is 0 Å². The molecule has 1 aromatic carbocycles. The van der Waals surface area contributed by atoms with E-state index >= 15 is 0 Å². The van der Waals surface area contributed by atoms with Gasteiger partial charge in [0.25, 0.3) is 11.5 Å². The lowest BCUT2D eigenvalue weighted by molar-refractivity contribution is 0.0948. The van der Waals surface area contributed by atoms with E-state index < -0.39 is 5.91 Å². The fourth-order valence-electron chi connectivity index (χ4n) is 2.56. The maximum Gasteiger partial charge on any atom is 0.273 e. The molecule has 2 heterocycles.